The topological polar surface area (TPSA) is 72.5 Å². The summed E-state index contributed by atoms with van der Waals surface area (Å²) in [4.78, 5) is 11.8. The SMILES string of the molecule is COC(=O)[C@@H](C)[C@H](NS(=O)(=O)c1ccc(F)cc1Br)c1ccccc1. The van der Waals surface area contributed by atoms with Gasteiger partial charge in [0.25, 0.3) is 0 Å². The smallest absolute Gasteiger partial charge is 0.310 e. The average Bonchev–Trinajstić information content (AvgIpc) is 2.58. The number of halogens is 2. The normalized spacial score (nSPS) is 13.9. The van der Waals surface area contributed by atoms with Gasteiger partial charge in [0.15, 0.2) is 0 Å². The van der Waals surface area contributed by atoms with Gasteiger partial charge in [-0.2, -0.15) is 0 Å². The van der Waals surface area contributed by atoms with Gasteiger partial charge in [0.05, 0.1) is 24.0 Å². The van der Waals surface area contributed by atoms with Crippen molar-refractivity contribution >= 4 is 31.9 Å². The Hall–Kier alpha value is -1.77. The molecule has 0 aliphatic heterocycles. The third-order valence-corrected chi connectivity index (χ3v) is 6.12. The van der Waals surface area contributed by atoms with Crippen LogP contribution in [0.25, 0.3) is 0 Å². The number of ether oxygens (including phenoxy) is 1. The number of nitrogens with one attached hydrogen (secondary N) is 1. The molecule has 0 spiro atoms. The number of hydrogen-bond donors (Lipinski definition) is 1. The van der Waals surface area contributed by atoms with Gasteiger partial charge < -0.3 is 4.74 Å². The summed E-state index contributed by atoms with van der Waals surface area (Å²) in [6.45, 7) is 1.58. The second kappa shape index (κ2) is 8.07. The van der Waals surface area contributed by atoms with E-state index in [-0.39, 0.29) is 9.37 Å². The van der Waals surface area contributed by atoms with Crippen LogP contribution in [0.15, 0.2) is 57.9 Å². The second-order valence-corrected chi connectivity index (χ2v) is 7.93. The molecule has 0 amide bonds. The molecule has 0 unspecified atom stereocenters. The Kier molecular flexibility index (Phi) is 6.31. The maximum absolute atomic E-state index is 13.2. The molecule has 134 valence electrons. The van der Waals surface area contributed by atoms with Gasteiger partial charge in [0.2, 0.25) is 10.0 Å². The summed E-state index contributed by atoms with van der Waals surface area (Å²) in [6, 6.07) is 11.1. The van der Waals surface area contributed by atoms with Crippen molar-refractivity contribution in [3.63, 3.8) is 0 Å². The lowest BCUT2D eigenvalue weighted by atomic mass is 9.95. The van der Waals surface area contributed by atoms with E-state index in [9.17, 15) is 17.6 Å². The summed E-state index contributed by atoms with van der Waals surface area (Å²) in [7, 11) is -2.77. The average molecular weight is 430 g/mol. The van der Waals surface area contributed by atoms with Crippen LogP contribution in [0.2, 0.25) is 0 Å². The summed E-state index contributed by atoms with van der Waals surface area (Å²) in [5.74, 6) is -1.87. The zero-order valence-corrected chi connectivity index (χ0v) is 16.0. The minimum absolute atomic E-state index is 0.0949. The molecule has 1 N–H and O–H groups in total. The van der Waals surface area contributed by atoms with E-state index in [0.717, 1.165) is 18.2 Å². The maximum Gasteiger partial charge on any atom is 0.310 e. The van der Waals surface area contributed by atoms with Crippen LogP contribution in [0.5, 0.6) is 0 Å². The van der Waals surface area contributed by atoms with Crippen molar-refractivity contribution in [3.8, 4) is 0 Å². The quantitative estimate of drug-likeness (QED) is 0.713. The minimum atomic E-state index is -4.01. The monoisotopic (exact) mass is 429 g/mol. The van der Waals surface area contributed by atoms with E-state index >= 15 is 0 Å². The zero-order chi connectivity index (χ0) is 18.6. The van der Waals surface area contributed by atoms with Gasteiger partial charge >= 0.3 is 5.97 Å². The number of esters is 1. The molecule has 25 heavy (non-hydrogen) atoms. The van der Waals surface area contributed by atoms with E-state index in [1.54, 1.807) is 37.3 Å². The van der Waals surface area contributed by atoms with Crippen LogP contribution in [0.4, 0.5) is 4.39 Å². The summed E-state index contributed by atoms with van der Waals surface area (Å²) >= 11 is 3.06. The molecule has 5 nitrogen and oxygen atoms in total. The van der Waals surface area contributed by atoms with Crippen molar-refractivity contribution in [2.75, 3.05) is 7.11 Å². The zero-order valence-electron chi connectivity index (χ0n) is 13.6. The first kappa shape index (κ1) is 19.6. The number of sulfonamides is 1. The van der Waals surface area contributed by atoms with Crippen LogP contribution in [-0.4, -0.2) is 21.5 Å². The molecule has 0 aliphatic rings. The van der Waals surface area contributed by atoms with Crippen LogP contribution in [0, 0.1) is 11.7 Å². The summed E-state index contributed by atoms with van der Waals surface area (Å²) in [6.07, 6.45) is 0. The minimum Gasteiger partial charge on any atom is -0.469 e. The van der Waals surface area contributed by atoms with Crippen molar-refractivity contribution in [2.24, 2.45) is 5.92 Å². The number of methoxy groups -OCH3 is 1. The molecule has 2 aromatic carbocycles. The molecule has 2 rings (SSSR count). The van der Waals surface area contributed by atoms with Gasteiger partial charge in [-0.25, -0.2) is 17.5 Å². The maximum atomic E-state index is 13.2. The van der Waals surface area contributed by atoms with Gasteiger partial charge in [-0.15, -0.1) is 0 Å². The van der Waals surface area contributed by atoms with Crippen molar-refractivity contribution in [1.82, 2.24) is 4.72 Å². The molecule has 0 bridgehead atoms. The highest BCUT2D eigenvalue weighted by molar-refractivity contribution is 9.10. The van der Waals surface area contributed by atoms with Crippen LogP contribution >= 0.6 is 15.9 Å². The van der Waals surface area contributed by atoms with Crippen molar-refractivity contribution in [2.45, 2.75) is 17.9 Å². The molecule has 0 saturated carbocycles. The highest BCUT2D eigenvalue weighted by Crippen LogP contribution is 2.28. The van der Waals surface area contributed by atoms with Crippen molar-refractivity contribution in [3.05, 3.63) is 64.4 Å². The first-order valence-electron chi connectivity index (χ1n) is 7.36. The first-order valence-corrected chi connectivity index (χ1v) is 9.64. The molecule has 0 saturated heterocycles. The van der Waals surface area contributed by atoms with E-state index < -0.39 is 33.8 Å². The van der Waals surface area contributed by atoms with Gasteiger partial charge in [0, 0.05) is 4.47 Å². The molecule has 0 aliphatic carbocycles. The third-order valence-electron chi connectivity index (χ3n) is 3.70. The van der Waals surface area contributed by atoms with E-state index in [0.29, 0.717) is 5.56 Å². The highest BCUT2D eigenvalue weighted by Gasteiger charge is 2.31. The molecular weight excluding hydrogens is 413 g/mol. The molecule has 0 heterocycles. The number of hydrogen-bond acceptors (Lipinski definition) is 4. The van der Waals surface area contributed by atoms with Crippen LogP contribution < -0.4 is 4.72 Å². The summed E-state index contributed by atoms with van der Waals surface area (Å²) < 4.78 is 46.1. The Bertz CT molecular complexity index is 858. The number of carbonyl (C=O) groups excluding carboxylic acids is 1. The predicted octanol–water partition coefficient (Wildman–Crippen LogP) is 3.42. The molecular formula is C17H17BrFNO4S. The van der Waals surface area contributed by atoms with Gasteiger partial charge in [0.1, 0.15) is 5.82 Å². The Labute approximate surface area is 154 Å². The van der Waals surface area contributed by atoms with Crippen molar-refractivity contribution < 1.29 is 22.3 Å². The van der Waals surface area contributed by atoms with E-state index in [1.807, 2.05) is 0 Å². The molecule has 0 aromatic heterocycles. The number of benzene rings is 2. The van der Waals surface area contributed by atoms with Crippen LogP contribution in [0.3, 0.4) is 0 Å². The first-order chi connectivity index (χ1) is 11.8. The predicted molar refractivity (Wildman–Crippen MR) is 94.8 cm³/mol. The third kappa shape index (κ3) is 4.65. The Morgan fingerprint density at radius 1 is 1.20 bits per heavy atom. The van der Waals surface area contributed by atoms with E-state index in [2.05, 4.69) is 20.7 Å². The Morgan fingerprint density at radius 3 is 2.40 bits per heavy atom. The Balaban J connectivity index is 2.43. The van der Waals surface area contributed by atoms with E-state index in [4.69, 9.17) is 4.74 Å². The summed E-state index contributed by atoms with van der Waals surface area (Å²) in [5.41, 5.74) is 0.613. The standard InChI is InChI=1S/C17H17BrFNO4S/c1-11(17(21)24-2)16(12-6-4-3-5-7-12)20-25(22,23)15-9-8-13(19)10-14(15)18/h3-11,16,20H,1-2H3/t11-,16-/m0/s1. The van der Waals surface area contributed by atoms with E-state index in [1.165, 1.54) is 7.11 Å². The van der Waals surface area contributed by atoms with Crippen LogP contribution in [-0.2, 0) is 19.6 Å². The lowest BCUT2D eigenvalue weighted by Crippen LogP contribution is -2.36. The molecule has 8 heteroatoms. The largest absolute Gasteiger partial charge is 0.469 e. The second-order valence-electron chi connectivity index (χ2n) is 5.40. The van der Waals surface area contributed by atoms with Crippen molar-refractivity contribution in [1.29, 1.82) is 0 Å². The lowest BCUT2D eigenvalue weighted by molar-refractivity contribution is -0.145. The fraction of sp³-hybridized carbons (Fsp3) is 0.235. The Morgan fingerprint density at radius 2 is 1.84 bits per heavy atom. The lowest BCUT2D eigenvalue weighted by Gasteiger charge is -2.24. The molecule has 0 radical (unpaired) electrons. The molecule has 0 fully saturated rings. The summed E-state index contributed by atoms with van der Waals surface area (Å²) in [5, 5.41) is 0. The molecule has 2 atom stereocenters. The van der Waals surface area contributed by atoms with Gasteiger partial charge in [-0.3, -0.25) is 4.79 Å². The number of rotatable bonds is 6. The van der Waals surface area contributed by atoms with Gasteiger partial charge in [-0.05, 0) is 39.7 Å². The number of carbonyl (C=O) groups is 1. The fourth-order valence-corrected chi connectivity index (χ4v) is 4.72. The highest BCUT2D eigenvalue weighted by atomic mass is 79.9. The van der Waals surface area contributed by atoms with Gasteiger partial charge in [-0.1, -0.05) is 37.3 Å². The molecule has 2 aromatic rings. The van der Waals surface area contributed by atoms with Crippen LogP contribution in [0.1, 0.15) is 18.5 Å². The fourth-order valence-electron chi connectivity index (χ4n) is 2.36.